The zero-order valence-corrected chi connectivity index (χ0v) is 19.2. The number of aliphatic carboxylic acids is 1. The number of rotatable bonds is 6. The second-order valence-corrected chi connectivity index (χ2v) is 8.77. The largest absolute Gasteiger partial charge is 0.496 e. The Morgan fingerprint density at radius 1 is 1.24 bits per heavy atom. The lowest BCUT2D eigenvalue weighted by molar-refractivity contribution is -0.139. The number of ether oxygens (including phenoxy) is 1. The Bertz CT molecular complexity index is 1350. The molecule has 1 saturated carbocycles. The first-order valence-corrected chi connectivity index (χ1v) is 11.2. The second-order valence-electron chi connectivity index (χ2n) is 8.77. The molecule has 0 aliphatic heterocycles. The topological polar surface area (TPSA) is 126 Å². The maximum absolute atomic E-state index is 12.1. The van der Waals surface area contributed by atoms with Crippen molar-refractivity contribution in [1.82, 2.24) is 20.1 Å². The highest BCUT2D eigenvalue weighted by atomic mass is 16.5. The van der Waals surface area contributed by atoms with Crippen LogP contribution in [0.25, 0.3) is 33.1 Å². The summed E-state index contributed by atoms with van der Waals surface area (Å²) in [4.78, 5) is 24.7. The van der Waals surface area contributed by atoms with Crippen LogP contribution >= 0.6 is 0 Å². The average molecular weight is 450 g/mol. The number of carboxylic acids is 1. The van der Waals surface area contributed by atoms with Crippen molar-refractivity contribution in [2.75, 3.05) is 12.4 Å². The van der Waals surface area contributed by atoms with Crippen LogP contribution in [0.1, 0.15) is 43.0 Å². The molecule has 3 N–H and O–H groups in total. The number of aromatic amines is 1. The summed E-state index contributed by atoms with van der Waals surface area (Å²) in [5.41, 5.74) is 4.02. The number of aromatic nitrogens is 4. The summed E-state index contributed by atoms with van der Waals surface area (Å²) >= 11 is 0. The number of nitrogens with zero attached hydrogens (tertiary/aromatic N) is 3. The predicted molar refractivity (Wildman–Crippen MR) is 125 cm³/mol. The normalized spacial score (nSPS) is 15.4. The molecular weight excluding hydrogens is 422 g/mol. The molecule has 9 nitrogen and oxygen atoms in total. The van der Waals surface area contributed by atoms with E-state index in [1.54, 1.807) is 14.0 Å². The van der Waals surface area contributed by atoms with Gasteiger partial charge in [0.1, 0.15) is 34.8 Å². The predicted octanol–water partition coefficient (Wildman–Crippen LogP) is 4.76. The van der Waals surface area contributed by atoms with Crippen LogP contribution in [-0.2, 0) is 4.79 Å². The molecular formula is C24H27N5O4. The fourth-order valence-corrected chi connectivity index (χ4v) is 5.09. The maximum Gasteiger partial charge on any atom is 0.326 e. The van der Waals surface area contributed by atoms with E-state index in [1.165, 1.54) is 0 Å². The molecule has 0 amide bonds. The summed E-state index contributed by atoms with van der Waals surface area (Å²) in [5.74, 6) is 1.68. The minimum atomic E-state index is -0.857. The van der Waals surface area contributed by atoms with Crippen molar-refractivity contribution < 1.29 is 19.2 Å². The molecule has 33 heavy (non-hydrogen) atoms. The third-order valence-corrected chi connectivity index (χ3v) is 6.62. The van der Waals surface area contributed by atoms with Gasteiger partial charge in [-0.1, -0.05) is 18.0 Å². The standard InChI is InChI=1S/C24H27N5O4/c1-11-19(12(2)33-29-11)16-9-17-15(10-18(16)32-4)20-22(27-17)25-13(3)26-23(20)28-21(24(30)31)14-7-5-6-8-14/h9-10,14,21H,5-8H2,1-4H3,(H,30,31)(H2,25,26,27,28). The molecule has 0 radical (unpaired) electrons. The van der Waals surface area contributed by atoms with E-state index >= 15 is 0 Å². The van der Waals surface area contributed by atoms with E-state index in [4.69, 9.17) is 9.26 Å². The molecule has 9 heteroatoms. The lowest BCUT2D eigenvalue weighted by Gasteiger charge is -2.21. The Labute approximate surface area is 190 Å². The number of H-pyrrole nitrogens is 1. The number of carboxylic acid groups (broad SMARTS) is 1. The Kier molecular flexibility index (Phi) is 5.19. The zero-order valence-electron chi connectivity index (χ0n) is 19.2. The van der Waals surface area contributed by atoms with Gasteiger partial charge in [0.05, 0.1) is 23.8 Å². The van der Waals surface area contributed by atoms with Crippen molar-refractivity contribution in [2.45, 2.75) is 52.5 Å². The minimum absolute atomic E-state index is 0.0821. The summed E-state index contributed by atoms with van der Waals surface area (Å²) < 4.78 is 11.1. The van der Waals surface area contributed by atoms with Crippen LogP contribution in [0.2, 0.25) is 0 Å². The Hall–Kier alpha value is -3.62. The molecule has 3 heterocycles. The summed E-state index contributed by atoms with van der Waals surface area (Å²) in [7, 11) is 1.62. The highest BCUT2D eigenvalue weighted by molar-refractivity contribution is 6.13. The Balaban J connectivity index is 1.70. The minimum Gasteiger partial charge on any atom is -0.496 e. The van der Waals surface area contributed by atoms with Gasteiger partial charge >= 0.3 is 5.97 Å². The van der Waals surface area contributed by atoms with E-state index in [0.717, 1.165) is 58.8 Å². The smallest absolute Gasteiger partial charge is 0.326 e. The Morgan fingerprint density at radius 3 is 2.64 bits per heavy atom. The molecule has 172 valence electrons. The van der Waals surface area contributed by atoms with E-state index in [9.17, 15) is 9.90 Å². The lowest BCUT2D eigenvalue weighted by Crippen LogP contribution is -2.36. The monoisotopic (exact) mass is 449 g/mol. The number of fused-ring (bicyclic) bond motifs is 3. The van der Waals surface area contributed by atoms with Gasteiger partial charge in [-0.25, -0.2) is 14.8 Å². The van der Waals surface area contributed by atoms with Crippen LogP contribution in [0.4, 0.5) is 5.82 Å². The molecule has 0 bridgehead atoms. The van der Waals surface area contributed by atoms with Crippen molar-refractivity contribution in [2.24, 2.45) is 5.92 Å². The van der Waals surface area contributed by atoms with Gasteiger partial charge in [-0.2, -0.15) is 0 Å². The number of aryl methyl sites for hydroxylation is 3. The molecule has 1 fully saturated rings. The summed E-state index contributed by atoms with van der Waals surface area (Å²) in [6.07, 6.45) is 3.92. The molecule has 5 rings (SSSR count). The van der Waals surface area contributed by atoms with Crippen molar-refractivity contribution in [3.63, 3.8) is 0 Å². The number of nitrogens with one attached hydrogen (secondary N) is 2. The lowest BCUT2D eigenvalue weighted by atomic mass is 9.98. The second kappa shape index (κ2) is 8.06. The first-order valence-electron chi connectivity index (χ1n) is 11.2. The van der Waals surface area contributed by atoms with E-state index in [0.29, 0.717) is 28.8 Å². The first kappa shape index (κ1) is 21.2. The van der Waals surface area contributed by atoms with Gasteiger partial charge in [0, 0.05) is 16.5 Å². The fraction of sp³-hybridized carbons (Fsp3) is 0.417. The van der Waals surface area contributed by atoms with Crippen molar-refractivity contribution in [3.05, 3.63) is 29.4 Å². The summed E-state index contributed by atoms with van der Waals surface area (Å²) in [6.45, 7) is 5.57. The van der Waals surface area contributed by atoms with Crippen LogP contribution in [0.15, 0.2) is 16.7 Å². The van der Waals surface area contributed by atoms with Gasteiger partial charge in [0.15, 0.2) is 0 Å². The third kappa shape index (κ3) is 3.57. The van der Waals surface area contributed by atoms with Crippen LogP contribution in [-0.4, -0.2) is 44.3 Å². The number of benzene rings is 1. The van der Waals surface area contributed by atoms with E-state index < -0.39 is 12.0 Å². The van der Waals surface area contributed by atoms with Crippen molar-refractivity contribution >= 4 is 33.7 Å². The molecule has 1 aliphatic carbocycles. The van der Waals surface area contributed by atoms with Crippen LogP contribution in [0, 0.1) is 26.7 Å². The molecule has 1 aromatic carbocycles. The van der Waals surface area contributed by atoms with Crippen molar-refractivity contribution in [3.8, 4) is 16.9 Å². The zero-order chi connectivity index (χ0) is 23.3. The molecule has 4 aromatic rings. The van der Waals surface area contributed by atoms with Gasteiger partial charge in [-0.3, -0.25) is 0 Å². The van der Waals surface area contributed by atoms with E-state index in [2.05, 4.69) is 25.4 Å². The van der Waals surface area contributed by atoms with Gasteiger partial charge < -0.3 is 24.7 Å². The number of hydrogen-bond donors (Lipinski definition) is 3. The summed E-state index contributed by atoms with van der Waals surface area (Å²) in [5, 5.41) is 18.9. The Morgan fingerprint density at radius 2 is 2.00 bits per heavy atom. The van der Waals surface area contributed by atoms with Crippen LogP contribution in [0.5, 0.6) is 5.75 Å². The molecule has 1 aliphatic rings. The van der Waals surface area contributed by atoms with Crippen LogP contribution < -0.4 is 10.1 Å². The summed E-state index contributed by atoms with van der Waals surface area (Å²) in [6, 6.07) is 3.23. The SMILES string of the molecule is COc1cc2c(cc1-c1c(C)noc1C)[nH]c1nc(C)nc(NC(C(=O)O)C3CCCC3)c12. The molecule has 3 aromatic heterocycles. The number of hydrogen-bond acceptors (Lipinski definition) is 7. The molecule has 0 saturated heterocycles. The van der Waals surface area contributed by atoms with E-state index in [-0.39, 0.29) is 5.92 Å². The first-order chi connectivity index (χ1) is 15.9. The number of carbonyl (C=O) groups is 1. The van der Waals surface area contributed by atoms with Crippen LogP contribution in [0.3, 0.4) is 0 Å². The number of anilines is 1. The average Bonchev–Trinajstić information content (AvgIpc) is 3.49. The van der Waals surface area contributed by atoms with Gasteiger partial charge in [-0.05, 0) is 51.7 Å². The molecule has 1 atom stereocenters. The van der Waals surface area contributed by atoms with Gasteiger partial charge in [0.25, 0.3) is 0 Å². The number of methoxy groups -OCH3 is 1. The molecule has 1 unspecified atom stereocenters. The van der Waals surface area contributed by atoms with Gasteiger partial charge in [0.2, 0.25) is 0 Å². The van der Waals surface area contributed by atoms with Crippen molar-refractivity contribution in [1.29, 1.82) is 0 Å². The quantitative estimate of drug-likeness (QED) is 0.385. The fourth-order valence-electron chi connectivity index (χ4n) is 5.09. The third-order valence-electron chi connectivity index (χ3n) is 6.62. The molecule has 0 spiro atoms. The highest BCUT2D eigenvalue weighted by Gasteiger charge is 2.32. The maximum atomic E-state index is 12.1. The van der Waals surface area contributed by atoms with Gasteiger partial charge in [-0.15, -0.1) is 0 Å². The van der Waals surface area contributed by atoms with E-state index in [1.807, 2.05) is 26.0 Å². The highest BCUT2D eigenvalue weighted by Crippen LogP contribution is 2.41.